The highest BCUT2D eigenvalue weighted by molar-refractivity contribution is 5.98. The van der Waals surface area contributed by atoms with Crippen molar-refractivity contribution in [3.05, 3.63) is 137 Å². The van der Waals surface area contributed by atoms with E-state index in [0.29, 0.717) is 5.82 Å². The molecule has 0 aliphatic rings. The van der Waals surface area contributed by atoms with Crippen LogP contribution in [-0.2, 0) is 22.6 Å². The standard InChI is InChI=1S/C44H46F3N7O5/c1-7-57-42(55)35-24-50-54-39(35)52-38(51-28(3)34-20-32(46)23-48-40(34)58-27(2)22-49-43(56)59-44(4,5)6)37(33-19-18-31(45)21-36(33)47)41(54)53(25-29-14-10-8-11-15-29)26-30-16-12-9-13-17-30/h8-21,23-24,27-28H,7,22,25-26H2,1-6H3,(H,49,56)(H,51,52). The highest BCUT2D eigenvalue weighted by Crippen LogP contribution is 2.42. The summed E-state index contributed by atoms with van der Waals surface area (Å²) in [7, 11) is 0. The number of anilines is 2. The predicted octanol–water partition coefficient (Wildman–Crippen LogP) is 9.06. The molecule has 0 fully saturated rings. The van der Waals surface area contributed by atoms with E-state index in [2.05, 4.69) is 20.7 Å². The lowest BCUT2D eigenvalue weighted by molar-refractivity contribution is 0.0500. The Bertz CT molecular complexity index is 2370. The molecule has 15 heteroatoms. The molecular formula is C44H46F3N7O5. The van der Waals surface area contributed by atoms with Gasteiger partial charge in [-0.1, -0.05) is 60.7 Å². The first-order valence-electron chi connectivity index (χ1n) is 19.1. The number of carbonyl (C=O) groups is 2. The van der Waals surface area contributed by atoms with Gasteiger partial charge in [0.15, 0.2) is 5.65 Å². The van der Waals surface area contributed by atoms with Gasteiger partial charge >= 0.3 is 12.1 Å². The molecule has 3 aromatic carbocycles. The van der Waals surface area contributed by atoms with Crippen LogP contribution in [0.1, 0.15) is 74.6 Å². The Kier molecular flexibility index (Phi) is 13.0. The number of nitrogens with zero attached hydrogens (tertiary/aromatic N) is 5. The molecule has 0 saturated carbocycles. The van der Waals surface area contributed by atoms with Gasteiger partial charge in [0.1, 0.15) is 46.4 Å². The molecule has 0 aliphatic carbocycles. The van der Waals surface area contributed by atoms with Gasteiger partial charge in [-0.05, 0) is 70.9 Å². The summed E-state index contributed by atoms with van der Waals surface area (Å²) >= 11 is 0. The van der Waals surface area contributed by atoms with Crippen LogP contribution in [0, 0.1) is 17.5 Å². The summed E-state index contributed by atoms with van der Waals surface area (Å²) in [5.41, 5.74) is 1.63. The summed E-state index contributed by atoms with van der Waals surface area (Å²) in [6.45, 7) is 11.0. The number of aromatic nitrogens is 4. The smallest absolute Gasteiger partial charge is 0.407 e. The molecule has 2 atom stereocenters. The Morgan fingerprint density at radius 1 is 0.881 bits per heavy atom. The zero-order valence-corrected chi connectivity index (χ0v) is 33.6. The monoisotopic (exact) mass is 809 g/mol. The third-order valence-electron chi connectivity index (χ3n) is 8.96. The summed E-state index contributed by atoms with van der Waals surface area (Å²) in [6.07, 6.45) is 1.06. The maximum absolute atomic E-state index is 16.3. The van der Waals surface area contributed by atoms with E-state index in [4.69, 9.17) is 19.2 Å². The van der Waals surface area contributed by atoms with Crippen LogP contribution >= 0.6 is 0 Å². The number of hydrogen-bond donors (Lipinski definition) is 2. The van der Waals surface area contributed by atoms with Gasteiger partial charge < -0.3 is 29.7 Å². The second-order valence-corrected chi connectivity index (χ2v) is 14.8. The van der Waals surface area contributed by atoms with E-state index in [1.807, 2.05) is 65.6 Å². The zero-order valence-electron chi connectivity index (χ0n) is 33.6. The SMILES string of the molecule is CCOC(=O)c1cnn2c(N(Cc3ccccc3)Cc3ccccc3)c(-c3ccc(F)cc3F)c(NC(C)c3cc(F)cnc3OC(C)CNC(=O)OC(C)(C)C)nc12. The fourth-order valence-corrected chi connectivity index (χ4v) is 6.39. The van der Waals surface area contributed by atoms with Gasteiger partial charge in [0.25, 0.3) is 0 Å². The van der Waals surface area contributed by atoms with Crippen LogP contribution in [0.5, 0.6) is 5.88 Å². The fourth-order valence-electron chi connectivity index (χ4n) is 6.39. The molecule has 6 rings (SSSR count). The third-order valence-corrected chi connectivity index (χ3v) is 8.96. The third kappa shape index (κ3) is 10.5. The molecule has 12 nitrogen and oxygen atoms in total. The Morgan fingerprint density at radius 3 is 2.15 bits per heavy atom. The summed E-state index contributed by atoms with van der Waals surface area (Å²) in [5.74, 6) is -2.60. The largest absolute Gasteiger partial charge is 0.473 e. The maximum atomic E-state index is 16.3. The van der Waals surface area contributed by atoms with Crippen molar-refractivity contribution in [2.24, 2.45) is 0 Å². The molecule has 0 bridgehead atoms. The number of hydrogen-bond acceptors (Lipinski definition) is 10. The number of nitrogens with one attached hydrogen (secondary N) is 2. The van der Waals surface area contributed by atoms with Gasteiger partial charge in [0, 0.05) is 30.3 Å². The van der Waals surface area contributed by atoms with E-state index >= 15 is 8.78 Å². The Labute approximate surface area is 340 Å². The number of fused-ring (bicyclic) bond motifs is 1. The molecule has 2 N–H and O–H groups in total. The van der Waals surface area contributed by atoms with Crippen LogP contribution in [-0.4, -0.2) is 56.5 Å². The Hall–Kier alpha value is -6.64. The van der Waals surface area contributed by atoms with Crippen molar-refractivity contribution in [1.82, 2.24) is 24.9 Å². The molecule has 308 valence electrons. The Morgan fingerprint density at radius 2 is 1.54 bits per heavy atom. The quantitative estimate of drug-likeness (QED) is 0.0969. The predicted molar refractivity (Wildman–Crippen MR) is 218 cm³/mol. The second-order valence-electron chi connectivity index (χ2n) is 14.8. The lowest BCUT2D eigenvalue weighted by Crippen LogP contribution is -2.37. The van der Waals surface area contributed by atoms with Gasteiger partial charge in [0.05, 0.1) is 37.2 Å². The number of carbonyl (C=O) groups excluding carboxylic acids is 2. The van der Waals surface area contributed by atoms with Crippen LogP contribution in [0.3, 0.4) is 0 Å². The molecule has 2 unspecified atom stereocenters. The summed E-state index contributed by atoms with van der Waals surface area (Å²) in [4.78, 5) is 36.8. The minimum atomic E-state index is -0.886. The summed E-state index contributed by atoms with van der Waals surface area (Å²) in [6, 6.07) is 22.8. The molecule has 0 saturated heterocycles. The first-order valence-corrected chi connectivity index (χ1v) is 19.1. The van der Waals surface area contributed by atoms with Gasteiger partial charge in [-0.25, -0.2) is 32.7 Å². The van der Waals surface area contributed by atoms with Crippen LogP contribution in [0.25, 0.3) is 16.8 Å². The normalized spacial score (nSPS) is 12.4. The number of halogens is 3. The molecule has 0 aliphatic heterocycles. The highest BCUT2D eigenvalue weighted by atomic mass is 19.1. The number of rotatable bonds is 15. The second kappa shape index (κ2) is 18.3. The van der Waals surface area contributed by atoms with Gasteiger partial charge in [-0.2, -0.15) is 9.61 Å². The number of amides is 1. The van der Waals surface area contributed by atoms with E-state index < -0.39 is 47.3 Å². The lowest BCUT2D eigenvalue weighted by Gasteiger charge is -2.30. The number of pyridine rings is 1. The van der Waals surface area contributed by atoms with Crippen molar-refractivity contribution >= 4 is 29.3 Å². The van der Waals surface area contributed by atoms with E-state index in [0.717, 1.165) is 29.5 Å². The van der Waals surface area contributed by atoms with Crippen molar-refractivity contribution < 1.29 is 37.0 Å². The average molecular weight is 810 g/mol. The van der Waals surface area contributed by atoms with E-state index in [9.17, 15) is 14.0 Å². The van der Waals surface area contributed by atoms with E-state index in [-0.39, 0.29) is 65.8 Å². The molecule has 59 heavy (non-hydrogen) atoms. The minimum absolute atomic E-state index is 0.0273. The van der Waals surface area contributed by atoms with Crippen LogP contribution in [0.15, 0.2) is 97.3 Å². The summed E-state index contributed by atoms with van der Waals surface area (Å²) < 4.78 is 64.1. The molecule has 3 heterocycles. The van der Waals surface area contributed by atoms with Gasteiger partial charge in [0.2, 0.25) is 5.88 Å². The molecule has 0 radical (unpaired) electrons. The number of esters is 1. The van der Waals surface area contributed by atoms with Gasteiger partial charge in [-0.3, -0.25) is 0 Å². The van der Waals surface area contributed by atoms with Crippen molar-refractivity contribution in [2.45, 2.75) is 72.4 Å². The van der Waals surface area contributed by atoms with Crippen LogP contribution < -0.4 is 20.3 Å². The topological polar surface area (TPSA) is 132 Å². The molecule has 6 aromatic rings. The minimum Gasteiger partial charge on any atom is -0.473 e. The number of ether oxygens (including phenoxy) is 3. The maximum Gasteiger partial charge on any atom is 0.407 e. The van der Waals surface area contributed by atoms with Crippen molar-refractivity contribution in [2.75, 3.05) is 23.4 Å². The molecule has 1 amide bonds. The van der Waals surface area contributed by atoms with E-state index in [1.54, 1.807) is 41.5 Å². The molecular weight excluding hydrogens is 764 g/mol. The number of alkyl carbamates (subject to hydrolysis) is 1. The van der Waals surface area contributed by atoms with Crippen molar-refractivity contribution in [3.8, 4) is 17.0 Å². The first kappa shape index (κ1) is 42.0. The average Bonchev–Trinajstić information content (AvgIpc) is 3.61. The van der Waals surface area contributed by atoms with Gasteiger partial charge in [-0.15, -0.1) is 0 Å². The lowest BCUT2D eigenvalue weighted by atomic mass is 10.0. The first-order chi connectivity index (χ1) is 28.2. The van der Waals surface area contributed by atoms with E-state index in [1.165, 1.54) is 22.8 Å². The number of benzene rings is 3. The van der Waals surface area contributed by atoms with Crippen molar-refractivity contribution in [3.63, 3.8) is 0 Å². The highest BCUT2D eigenvalue weighted by Gasteiger charge is 2.30. The zero-order chi connectivity index (χ0) is 42.3. The fraction of sp³-hybridized carbons (Fsp3) is 0.295. The Balaban J connectivity index is 1.52. The van der Waals surface area contributed by atoms with Crippen molar-refractivity contribution in [1.29, 1.82) is 0 Å². The summed E-state index contributed by atoms with van der Waals surface area (Å²) in [5, 5.41) is 10.6. The molecule has 0 spiro atoms. The molecule has 3 aromatic heterocycles. The van der Waals surface area contributed by atoms with Crippen LogP contribution in [0.2, 0.25) is 0 Å². The van der Waals surface area contributed by atoms with Crippen LogP contribution in [0.4, 0.5) is 29.6 Å².